The van der Waals surface area contributed by atoms with Crippen LogP contribution in [-0.4, -0.2) is 11.8 Å². The average Bonchev–Trinajstić information content (AvgIpc) is 2.72. The van der Waals surface area contributed by atoms with Gasteiger partial charge in [-0.05, 0) is 17.4 Å². The van der Waals surface area contributed by atoms with Gasteiger partial charge in [0, 0.05) is 12.5 Å². The summed E-state index contributed by atoms with van der Waals surface area (Å²) in [6, 6.07) is 10.6. The number of hydrogen-bond acceptors (Lipinski definition) is 3. The van der Waals surface area contributed by atoms with E-state index >= 15 is 0 Å². The van der Waals surface area contributed by atoms with Crippen LogP contribution in [-0.2, 0) is 4.79 Å². The Morgan fingerprint density at radius 2 is 1.89 bits per heavy atom. The van der Waals surface area contributed by atoms with Crippen molar-refractivity contribution < 1.29 is 4.79 Å². The van der Waals surface area contributed by atoms with E-state index in [2.05, 4.69) is 36.8 Å². The molecule has 3 nitrogen and oxygen atoms in total. The van der Waals surface area contributed by atoms with Crippen LogP contribution in [0.1, 0.15) is 38.3 Å². The van der Waals surface area contributed by atoms with E-state index in [0.29, 0.717) is 12.2 Å². The van der Waals surface area contributed by atoms with Gasteiger partial charge in [-0.15, -0.1) is 0 Å². The van der Waals surface area contributed by atoms with Crippen molar-refractivity contribution in [3.8, 4) is 0 Å². The number of carbonyl (C=O) groups is 1. The summed E-state index contributed by atoms with van der Waals surface area (Å²) < 4.78 is 0. The summed E-state index contributed by atoms with van der Waals surface area (Å²) in [7, 11) is 0. The lowest BCUT2D eigenvalue weighted by molar-refractivity contribution is -0.128. The number of Topliss-reactive ketones (excluding diaryl/α,β-unsaturated/α-hetero) is 1. The summed E-state index contributed by atoms with van der Waals surface area (Å²) in [5.74, 6) is 0.475. The van der Waals surface area contributed by atoms with Gasteiger partial charge in [0.2, 0.25) is 0 Å². The van der Waals surface area contributed by atoms with Crippen molar-refractivity contribution in [2.75, 3.05) is 0 Å². The van der Waals surface area contributed by atoms with Crippen molar-refractivity contribution in [1.29, 1.82) is 0 Å². The molecule has 96 valence electrons. The predicted molar refractivity (Wildman–Crippen MR) is 70.8 cm³/mol. The van der Waals surface area contributed by atoms with Gasteiger partial charge in [0.05, 0.1) is 12.0 Å². The van der Waals surface area contributed by atoms with Crippen molar-refractivity contribution >= 4 is 5.78 Å². The largest absolute Gasteiger partial charge is 0.299 e. The van der Waals surface area contributed by atoms with E-state index in [4.69, 9.17) is 0 Å². The van der Waals surface area contributed by atoms with Gasteiger partial charge in [-0.3, -0.25) is 10.2 Å². The molecule has 0 bridgehead atoms. The Kier molecular flexibility index (Phi) is 2.76. The molecule has 3 unspecified atom stereocenters. The third kappa shape index (κ3) is 1.98. The highest BCUT2D eigenvalue weighted by Crippen LogP contribution is 2.42. The van der Waals surface area contributed by atoms with Crippen molar-refractivity contribution in [2.24, 2.45) is 11.3 Å². The average molecular weight is 244 g/mol. The molecule has 1 saturated carbocycles. The summed E-state index contributed by atoms with van der Waals surface area (Å²) in [5, 5.41) is 0. The second-order valence-electron chi connectivity index (χ2n) is 6.32. The van der Waals surface area contributed by atoms with Crippen LogP contribution in [0, 0.1) is 11.3 Å². The molecular weight excluding hydrogens is 224 g/mol. The number of rotatable bonds is 1. The van der Waals surface area contributed by atoms with Crippen molar-refractivity contribution in [3.05, 3.63) is 35.9 Å². The maximum absolute atomic E-state index is 12.4. The van der Waals surface area contributed by atoms with Crippen LogP contribution in [0.25, 0.3) is 0 Å². The van der Waals surface area contributed by atoms with Gasteiger partial charge in [-0.1, -0.05) is 44.2 Å². The molecule has 1 aliphatic heterocycles. The Labute approximate surface area is 108 Å². The number of benzene rings is 1. The van der Waals surface area contributed by atoms with Crippen molar-refractivity contribution in [3.63, 3.8) is 0 Å². The third-order valence-corrected chi connectivity index (χ3v) is 4.17. The molecule has 1 aromatic rings. The maximum Gasteiger partial charge on any atom is 0.140 e. The molecule has 1 heterocycles. The molecular formula is C15H20N2O. The topological polar surface area (TPSA) is 41.1 Å². The van der Waals surface area contributed by atoms with Gasteiger partial charge >= 0.3 is 0 Å². The lowest BCUT2D eigenvalue weighted by atomic mass is 9.68. The van der Waals surface area contributed by atoms with Gasteiger partial charge < -0.3 is 0 Å². The Balaban J connectivity index is 1.88. The summed E-state index contributed by atoms with van der Waals surface area (Å²) in [6.07, 6.45) is 1.75. The van der Waals surface area contributed by atoms with E-state index in [9.17, 15) is 4.79 Å². The van der Waals surface area contributed by atoms with E-state index < -0.39 is 0 Å². The minimum atomic E-state index is 0.0837. The fourth-order valence-electron chi connectivity index (χ4n) is 3.41. The molecule has 1 aliphatic carbocycles. The normalized spacial score (nSPS) is 34.3. The first-order valence-electron chi connectivity index (χ1n) is 6.66. The molecule has 18 heavy (non-hydrogen) atoms. The Bertz CT molecular complexity index is 455. The Morgan fingerprint density at radius 1 is 1.17 bits per heavy atom. The monoisotopic (exact) mass is 244 g/mol. The predicted octanol–water partition coefficient (Wildman–Crippen LogP) is 2.21. The van der Waals surface area contributed by atoms with Gasteiger partial charge in [-0.25, -0.2) is 5.43 Å². The van der Waals surface area contributed by atoms with Crippen LogP contribution in [0.5, 0.6) is 0 Å². The van der Waals surface area contributed by atoms with Gasteiger partial charge in [0.15, 0.2) is 0 Å². The van der Waals surface area contributed by atoms with E-state index in [-0.39, 0.29) is 23.4 Å². The minimum absolute atomic E-state index is 0.0837. The molecule has 3 atom stereocenters. The molecule has 0 spiro atoms. The molecule has 0 radical (unpaired) electrons. The van der Waals surface area contributed by atoms with Crippen molar-refractivity contribution in [1.82, 2.24) is 10.9 Å². The SMILES string of the molecule is CC1(C)CC(=O)C2C(C1)NNC2c1ccccc1. The zero-order valence-electron chi connectivity index (χ0n) is 10.9. The summed E-state index contributed by atoms with van der Waals surface area (Å²) in [6.45, 7) is 4.36. The molecule has 0 amide bonds. The summed E-state index contributed by atoms with van der Waals surface area (Å²) in [4.78, 5) is 12.4. The highest BCUT2D eigenvalue weighted by molar-refractivity contribution is 5.84. The first-order chi connectivity index (χ1) is 8.57. The fraction of sp³-hybridized carbons (Fsp3) is 0.533. The van der Waals surface area contributed by atoms with Crippen molar-refractivity contribution in [2.45, 2.75) is 38.8 Å². The number of nitrogens with one attached hydrogen (secondary N) is 2. The standard InChI is InChI=1S/C15H20N2O/c1-15(2)8-11-13(12(18)9-15)14(17-16-11)10-6-4-3-5-7-10/h3-7,11,13-14,16-17H,8-9H2,1-2H3. The molecule has 2 fully saturated rings. The van der Waals surface area contributed by atoms with Crippen LogP contribution in [0.2, 0.25) is 0 Å². The highest BCUT2D eigenvalue weighted by atomic mass is 16.1. The maximum atomic E-state index is 12.4. The van der Waals surface area contributed by atoms with Gasteiger partial charge in [0.1, 0.15) is 5.78 Å². The number of ketones is 1. The van der Waals surface area contributed by atoms with Crippen LogP contribution >= 0.6 is 0 Å². The zero-order valence-corrected chi connectivity index (χ0v) is 10.9. The second kappa shape index (κ2) is 4.18. The van der Waals surface area contributed by atoms with E-state index in [1.54, 1.807) is 0 Å². The number of carbonyl (C=O) groups excluding carboxylic acids is 1. The molecule has 3 heteroatoms. The Hall–Kier alpha value is -1.19. The molecule has 1 aromatic carbocycles. The first kappa shape index (κ1) is 11.9. The molecule has 2 aliphatic rings. The molecule has 1 saturated heterocycles. The number of hydrazine groups is 1. The van der Waals surface area contributed by atoms with Crippen LogP contribution in [0.4, 0.5) is 0 Å². The molecule has 0 aromatic heterocycles. The lowest BCUT2D eigenvalue weighted by Gasteiger charge is -2.36. The first-order valence-corrected chi connectivity index (χ1v) is 6.66. The van der Waals surface area contributed by atoms with E-state index in [0.717, 1.165) is 6.42 Å². The summed E-state index contributed by atoms with van der Waals surface area (Å²) >= 11 is 0. The lowest BCUT2D eigenvalue weighted by Crippen LogP contribution is -2.43. The summed E-state index contributed by atoms with van der Waals surface area (Å²) in [5.41, 5.74) is 7.96. The van der Waals surface area contributed by atoms with E-state index in [1.165, 1.54) is 5.56 Å². The van der Waals surface area contributed by atoms with Crippen LogP contribution < -0.4 is 10.9 Å². The fourth-order valence-corrected chi connectivity index (χ4v) is 3.41. The highest BCUT2D eigenvalue weighted by Gasteiger charge is 2.48. The number of hydrogen-bond donors (Lipinski definition) is 2. The number of fused-ring (bicyclic) bond motifs is 1. The Morgan fingerprint density at radius 3 is 2.61 bits per heavy atom. The molecule has 3 rings (SSSR count). The minimum Gasteiger partial charge on any atom is -0.299 e. The van der Waals surface area contributed by atoms with Gasteiger partial charge in [0.25, 0.3) is 0 Å². The second-order valence-corrected chi connectivity index (χ2v) is 6.32. The van der Waals surface area contributed by atoms with E-state index in [1.807, 2.05) is 18.2 Å². The smallest absolute Gasteiger partial charge is 0.140 e. The third-order valence-electron chi connectivity index (χ3n) is 4.17. The quantitative estimate of drug-likeness (QED) is 0.796. The van der Waals surface area contributed by atoms with Crippen LogP contribution in [0.15, 0.2) is 30.3 Å². The molecule has 2 N–H and O–H groups in total. The van der Waals surface area contributed by atoms with Gasteiger partial charge in [-0.2, -0.15) is 0 Å². The van der Waals surface area contributed by atoms with Crippen LogP contribution in [0.3, 0.4) is 0 Å². The zero-order chi connectivity index (χ0) is 12.8.